The molecule has 0 aromatic heterocycles. The SMILES string of the molecule is CC(=O)N(C(=O)OC(C)(C)C)[C@@H]1C[C@@H]2SC[C@@H](C(=O)O)N2C1=O. The van der Waals surface area contributed by atoms with Crippen LogP contribution < -0.4 is 0 Å². The minimum absolute atomic E-state index is 0.214. The van der Waals surface area contributed by atoms with Crippen LogP contribution in [-0.2, 0) is 19.1 Å². The van der Waals surface area contributed by atoms with Gasteiger partial charge in [-0.2, -0.15) is 0 Å². The number of hydrogen-bond acceptors (Lipinski definition) is 6. The highest BCUT2D eigenvalue weighted by molar-refractivity contribution is 8.00. The van der Waals surface area contributed by atoms with Gasteiger partial charge in [0.2, 0.25) is 11.8 Å². The van der Waals surface area contributed by atoms with Gasteiger partial charge in [-0.3, -0.25) is 9.59 Å². The third kappa shape index (κ3) is 3.44. The number of thioether (sulfide) groups is 1. The Kier molecular flexibility index (Phi) is 4.61. The molecule has 2 aliphatic heterocycles. The van der Waals surface area contributed by atoms with Gasteiger partial charge in [-0.05, 0) is 20.8 Å². The van der Waals surface area contributed by atoms with Gasteiger partial charge in [-0.25, -0.2) is 14.5 Å². The van der Waals surface area contributed by atoms with Crippen LogP contribution in [0.25, 0.3) is 0 Å². The van der Waals surface area contributed by atoms with E-state index >= 15 is 0 Å². The predicted octanol–water partition coefficient (Wildman–Crippen LogP) is 0.897. The van der Waals surface area contributed by atoms with Crippen molar-refractivity contribution in [2.45, 2.75) is 57.2 Å². The lowest BCUT2D eigenvalue weighted by Crippen LogP contribution is -2.51. The smallest absolute Gasteiger partial charge is 0.417 e. The van der Waals surface area contributed by atoms with Crippen molar-refractivity contribution in [1.29, 1.82) is 0 Å². The highest BCUT2D eigenvalue weighted by Gasteiger charge is 2.53. The van der Waals surface area contributed by atoms with Crippen molar-refractivity contribution >= 4 is 35.6 Å². The molecule has 1 N–H and O–H groups in total. The van der Waals surface area contributed by atoms with Gasteiger partial charge in [0.15, 0.2) is 0 Å². The number of fused-ring (bicyclic) bond motifs is 1. The largest absolute Gasteiger partial charge is 0.480 e. The summed E-state index contributed by atoms with van der Waals surface area (Å²) in [5.74, 6) is -1.89. The third-order valence-corrected chi connectivity index (χ3v) is 4.90. The fourth-order valence-corrected chi connectivity index (χ4v) is 4.13. The van der Waals surface area contributed by atoms with Crippen LogP contribution in [0.5, 0.6) is 0 Å². The van der Waals surface area contributed by atoms with Crippen molar-refractivity contribution in [2.75, 3.05) is 5.75 Å². The molecule has 0 aromatic rings. The maximum atomic E-state index is 12.6. The highest BCUT2D eigenvalue weighted by Crippen LogP contribution is 2.39. The second-order valence-corrected chi connectivity index (χ2v) is 7.72. The van der Waals surface area contributed by atoms with E-state index in [9.17, 15) is 24.3 Å². The van der Waals surface area contributed by atoms with Crippen molar-refractivity contribution in [3.63, 3.8) is 0 Å². The first kappa shape index (κ1) is 17.6. The van der Waals surface area contributed by atoms with Crippen molar-refractivity contribution in [1.82, 2.24) is 9.80 Å². The van der Waals surface area contributed by atoms with Gasteiger partial charge in [-0.1, -0.05) is 0 Å². The molecule has 9 heteroatoms. The van der Waals surface area contributed by atoms with Gasteiger partial charge >= 0.3 is 12.1 Å². The molecule has 0 aromatic carbocycles. The molecule has 3 amide bonds. The Morgan fingerprint density at radius 3 is 2.43 bits per heavy atom. The highest BCUT2D eigenvalue weighted by atomic mass is 32.2. The van der Waals surface area contributed by atoms with E-state index in [-0.39, 0.29) is 11.8 Å². The number of carbonyl (C=O) groups is 4. The third-order valence-electron chi connectivity index (χ3n) is 3.58. The normalized spacial score (nSPS) is 26.9. The minimum Gasteiger partial charge on any atom is -0.480 e. The van der Waals surface area contributed by atoms with E-state index in [4.69, 9.17) is 4.74 Å². The van der Waals surface area contributed by atoms with Crippen molar-refractivity contribution < 1.29 is 29.0 Å². The van der Waals surface area contributed by atoms with Gasteiger partial charge in [0.25, 0.3) is 0 Å². The predicted molar refractivity (Wildman–Crippen MR) is 81.7 cm³/mol. The number of aliphatic carboxylic acids is 1. The van der Waals surface area contributed by atoms with Gasteiger partial charge in [0.05, 0.1) is 5.37 Å². The number of ether oxygens (including phenoxy) is 1. The van der Waals surface area contributed by atoms with E-state index in [1.165, 1.54) is 23.6 Å². The summed E-state index contributed by atoms with van der Waals surface area (Å²) >= 11 is 1.35. The summed E-state index contributed by atoms with van der Waals surface area (Å²) < 4.78 is 5.19. The summed E-state index contributed by atoms with van der Waals surface area (Å²) in [5.41, 5.74) is -0.805. The fourth-order valence-electron chi connectivity index (χ4n) is 2.70. The van der Waals surface area contributed by atoms with Crippen LogP contribution in [0.3, 0.4) is 0 Å². The number of imide groups is 1. The number of rotatable bonds is 2. The van der Waals surface area contributed by atoms with Gasteiger partial charge < -0.3 is 14.7 Å². The maximum Gasteiger partial charge on any atom is 0.417 e. The summed E-state index contributed by atoms with van der Waals surface area (Å²) in [4.78, 5) is 50.0. The lowest BCUT2D eigenvalue weighted by molar-refractivity contribution is -0.149. The number of amides is 3. The average molecular weight is 344 g/mol. The Morgan fingerprint density at radius 1 is 1.35 bits per heavy atom. The summed E-state index contributed by atoms with van der Waals surface area (Å²) in [6, 6.07) is -1.93. The van der Waals surface area contributed by atoms with E-state index in [0.717, 1.165) is 4.90 Å². The van der Waals surface area contributed by atoms with Crippen LogP contribution in [0, 0.1) is 0 Å². The van der Waals surface area contributed by atoms with E-state index < -0.39 is 41.6 Å². The topological polar surface area (TPSA) is 104 Å². The zero-order chi connectivity index (χ0) is 17.5. The molecule has 0 bridgehead atoms. The fraction of sp³-hybridized carbons (Fsp3) is 0.714. The summed E-state index contributed by atoms with van der Waals surface area (Å²) in [5, 5.41) is 8.86. The number of nitrogens with zero attached hydrogens (tertiary/aromatic N) is 2. The molecular weight excluding hydrogens is 324 g/mol. The number of carbonyl (C=O) groups excluding carboxylic acids is 3. The Hall–Kier alpha value is -1.77. The van der Waals surface area contributed by atoms with Crippen molar-refractivity contribution in [2.24, 2.45) is 0 Å². The Balaban J connectivity index is 2.22. The monoisotopic (exact) mass is 344 g/mol. The standard InChI is InChI=1S/C14H20N2O6S/c1-7(17)15(13(21)22-14(2,3)4)8-5-10-16(11(8)18)9(6-23-10)12(19)20/h8-10H,5-6H2,1-4H3,(H,19,20)/t8-,9+,10+/m1/s1. The molecule has 3 atom stereocenters. The first-order valence-electron chi connectivity index (χ1n) is 7.22. The molecule has 128 valence electrons. The van der Waals surface area contributed by atoms with Crippen LogP contribution in [0.2, 0.25) is 0 Å². The maximum absolute atomic E-state index is 12.6. The molecule has 8 nitrogen and oxygen atoms in total. The quantitative estimate of drug-likeness (QED) is 0.793. The first-order valence-corrected chi connectivity index (χ1v) is 8.27. The molecule has 2 saturated heterocycles. The summed E-state index contributed by atoms with van der Waals surface area (Å²) in [7, 11) is 0. The second kappa shape index (κ2) is 6.03. The zero-order valence-corrected chi connectivity index (χ0v) is 14.3. The van der Waals surface area contributed by atoms with Gasteiger partial charge in [-0.15, -0.1) is 11.8 Å². The number of hydrogen-bond donors (Lipinski definition) is 1. The Bertz CT molecular complexity index is 558. The van der Waals surface area contributed by atoms with Gasteiger partial charge in [0.1, 0.15) is 17.7 Å². The lowest BCUT2D eigenvalue weighted by atomic mass is 10.2. The molecule has 2 rings (SSSR count). The van der Waals surface area contributed by atoms with E-state index in [2.05, 4.69) is 0 Å². The van der Waals surface area contributed by atoms with Crippen LogP contribution in [0.15, 0.2) is 0 Å². The van der Waals surface area contributed by atoms with Crippen LogP contribution >= 0.6 is 11.8 Å². The average Bonchev–Trinajstić information content (AvgIpc) is 2.89. The summed E-state index contributed by atoms with van der Waals surface area (Å²) in [6.07, 6.45) is -0.673. The van der Waals surface area contributed by atoms with Crippen LogP contribution in [-0.4, -0.2) is 67.6 Å². The second-order valence-electron chi connectivity index (χ2n) is 6.51. The summed E-state index contributed by atoms with van der Waals surface area (Å²) in [6.45, 7) is 6.17. The molecule has 2 aliphatic rings. The molecule has 2 fully saturated rings. The lowest BCUT2D eigenvalue weighted by Gasteiger charge is -2.29. The molecular formula is C14H20N2O6S. The van der Waals surface area contributed by atoms with E-state index in [1.807, 2.05) is 0 Å². The van der Waals surface area contributed by atoms with Gasteiger partial charge in [0, 0.05) is 19.1 Å². The van der Waals surface area contributed by atoms with E-state index in [0.29, 0.717) is 5.75 Å². The molecule has 0 unspecified atom stereocenters. The molecule has 0 saturated carbocycles. The Morgan fingerprint density at radius 2 is 1.96 bits per heavy atom. The molecule has 23 heavy (non-hydrogen) atoms. The first-order chi connectivity index (χ1) is 10.5. The molecule has 0 spiro atoms. The van der Waals surface area contributed by atoms with Crippen molar-refractivity contribution in [3.8, 4) is 0 Å². The molecule has 2 heterocycles. The van der Waals surface area contributed by atoms with Crippen LogP contribution in [0.4, 0.5) is 4.79 Å². The zero-order valence-electron chi connectivity index (χ0n) is 13.4. The molecule has 0 aliphatic carbocycles. The minimum atomic E-state index is -1.08. The number of carboxylic acids is 1. The molecule has 0 radical (unpaired) electrons. The van der Waals surface area contributed by atoms with Crippen molar-refractivity contribution in [3.05, 3.63) is 0 Å². The van der Waals surface area contributed by atoms with E-state index in [1.54, 1.807) is 20.8 Å². The number of carboxylic acid groups (broad SMARTS) is 1. The Labute approximate surface area is 138 Å². The van der Waals surface area contributed by atoms with Crippen LogP contribution in [0.1, 0.15) is 34.1 Å².